The Morgan fingerprint density at radius 3 is 2.50 bits per heavy atom. The first kappa shape index (κ1) is 18.1. The minimum Gasteiger partial charge on any atom is -0.366 e. The zero-order chi connectivity index (χ0) is 18.7. The molecular weight excluding hydrogens is 366 g/mol. The fourth-order valence-corrected chi connectivity index (χ4v) is 3.13. The maximum atomic E-state index is 12.5. The van der Waals surface area contributed by atoms with Crippen molar-refractivity contribution in [3.05, 3.63) is 45.6 Å². The van der Waals surface area contributed by atoms with Crippen molar-refractivity contribution in [2.45, 2.75) is 13.0 Å². The number of hydrogen-bond donors (Lipinski definition) is 0. The normalized spacial score (nSPS) is 14.6. The Balaban J connectivity index is 1.75. The Morgan fingerprint density at radius 2 is 1.88 bits per heavy atom. The number of piperazine rings is 1. The monoisotopic (exact) mass is 380 g/mol. The molecular formula is C16H15ClF2N6O. The lowest BCUT2D eigenvalue weighted by Gasteiger charge is -2.37. The van der Waals surface area contributed by atoms with Crippen molar-refractivity contribution in [1.29, 1.82) is 5.26 Å². The summed E-state index contributed by atoms with van der Waals surface area (Å²) in [6.45, 7) is 1.48. The van der Waals surface area contributed by atoms with Crippen LogP contribution < -0.4 is 15.4 Å². The van der Waals surface area contributed by atoms with Gasteiger partial charge in [0.25, 0.3) is 12.0 Å². The van der Waals surface area contributed by atoms with Crippen LogP contribution in [0.2, 0.25) is 5.02 Å². The molecule has 1 saturated heterocycles. The summed E-state index contributed by atoms with van der Waals surface area (Å²) in [6, 6.07) is 5.68. The molecule has 0 spiro atoms. The maximum Gasteiger partial charge on any atom is 0.287 e. The van der Waals surface area contributed by atoms with Crippen molar-refractivity contribution < 1.29 is 8.78 Å². The molecule has 10 heteroatoms. The van der Waals surface area contributed by atoms with Crippen LogP contribution in [0.1, 0.15) is 5.69 Å². The lowest BCUT2D eigenvalue weighted by atomic mass is 10.2. The molecule has 0 bridgehead atoms. The van der Waals surface area contributed by atoms with Crippen LogP contribution in [-0.2, 0) is 6.54 Å². The average Bonchev–Trinajstić information content (AvgIpc) is 2.65. The molecule has 3 rings (SSSR count). The summed E-state index contributed by atoms with van der Waals surface area (Å²) in [5, 5.41) is 12.8. The SMILES string of the molecule is N#Cc1ncccc1N1CCN(c2cnn(CC(F)F)c(=O)c2Cl)CC1. The van der Waals surface area contributed by atoms with Crippen LogP contribution in [0.4, 0.5) is 20.2 Å². The van der Waals surface area contributed by atoms with Crippen LogP contribution >= 0.6 is 11.6 Å². The fourth-order valence-electron chi connectivity index (χ4n) is 2.86. The second-order valence-corrected chi connectivity index (χ2v) is 6.06. The van der Waals surface area contributed by atoms with Gasteiger partial charge in [0.1, 0.15) is 17.6 Å². The Kier molecular flexibility index (Phi) is 5.32. The number of halogens is 3. The van der Waals surface area contributed by atoms with Gasteiger partial charge in [-0.1, -0.05) is 11.6 Å². The van der Waals surface area contributed by atoms with Gasteiger partial charge in [0, 0.05) is 32.4 Å². The number of rotatable bonds is 4. The predicted octanol–water partition coefficient (Wildman–Crippen LogP) is 1.76. The first-order valence-corrected chi connectivity index (χ1v) is 8.28. The van der Waals surface area contributed by atoms with Crippen LogP contribution in [0.15, 0.2) is 29.3 Å². The molecule has 136 valence electrons. The maximum absolute atomic E-state index is 12.5. The van der Waals surface area contributed by atoms with Crippen LogP contribution in [0.3, 0.4) is 0 Å². The van der Waals surface area contributed by atoms with E-state index < -0.39 is 18.5 Å². The molecule has 0 aliphatic carbocycles. The number of hydrogen-bond acceptors (Lipinski definition) is 6. The van der Waals surface area contributed by atoms with E-state index in [1.807, 2.05) is 15.9 Å². The zero-order valence-corrected chi connectivity index (χ0v) is 14.4. The summed E-state index contributed by atoms with van der Waals surface area (Å²) in [6.07, 6.45) is 0.226. The lowest BCUT2D eigenvalue weighted by molar-refractivity contribution is 0.119. The molecule has 1 aliphatic heterocycles. The summed E-state index contributed by atoms with van der Waals surface area (Å²) >= 11 is 6.09. The van der Waals surface area contributed by atoms with Crippen molar-refractivity contribution in [2.75, 3.05) is 36.0 Å². The Morgan fingerprint density at radius 1 is 1.23 bits per heavy atom. The second kappa shape index (κ2) is 7.66. The number of nitrogens with zero attached hydrogens (tertiary/aromatic N) is 6. The third kappa shape index (κ3) is 3.60. The largest absolute Gasteiger partial charge is 0.366 e. The number of aromatic nitrogens is 3. The van der Waals surface area contributed by atoms with Crippen molar-refractivity contribution in [3.8, 4) is 6.07 Å². The van der Waals surface area contributed by atoms with Gasteiger partial charge >= 0.3 is 0 Å². The molecule has 0 amide bonds. The Labute approximate surface area is 153 Å². The fraction of sp³-hybridized carbons (Fsp3) is 0.375. The number of nitriles is 1. The summed E-state index contributed by atoms with van der Waals surface area (Å²) in [7, 11) is 0. The first-order valence-electron chi connectivity index (χ1n) is 7.90. The van der Waals surface area contributed by atoms with Gasteiger partial charge in [-0.15, -0.1) is 0 Å². The Bertz CT molecular complexity index is 889. The molecule has 26 heavy (non-hydrogen) atoms. The number of anilines is 2. The van der Waals surface area contributed by atoms with Gasteiger partial charge in [-0.05, 0) is 12.1 Å². The van der Waals surface area contributed by atoms with Gasteiger partial charge in [0.05, 0.1) is 17.6 Å². The molecule has 0 saturated carbocycles. The van der Waals surface area contributed by atoms with E-state index >= 15 is 0 Å². The van der Waals surface area contributed by atoms with Gasteiger partial charge in [0.15, 0.2) is 5.69 Å². The third-order valence-corrected chi connectivity index (χ3v) is 4.49. The topological polar surface area (TPSA) is 78.1 Å². The van der Waals surface area contributed by atoms with E-state index in [1.165, 1.54) is 6.20 Å². The molecule has 2 aromatic rings. The minimum atomic E-state index is -2.68. The highest BCUT2D eigenvalue weighted by molar-refractivity contribution is 6.33. The molecule has 1 fully saturated rings. The van der Waals surface area contributed by atoms with E-state index in [1.54, 1.807) is 12.3 Å². The summed E-state index contributed by atoms with van der Waals surface area (Å²) in [5.41, 5.74) is 0.806. The Hall–Kier alpha value is -2.73. The van der Waals surface area contributed by atoms with Gasteiger partial charge in [-0.2, -0.15) is 10.4 Å². The molecule has 0 atom stereocenters. The van der Waals surface area contributed by atoms with E-state index in [2.05, 4.69) is 16.2 Å². The lowest BCUT2D eigenvalue weighted by Crippen LogP contribution is -2.47. The van der Waals surface area contributed by atoms with Gasteiger partial charge in [0.2, 0.25) is 0 Å². The smallest absolute Gasteiger partial charge is 0.287 e. The van der Waals surface area contributed by atoms with E-state index in [4.69, 9.17) is 16.9 Å². The molecule has 0 N–H and O–H groups in total. The predicted molar refractivity (Wildman–Crippen MR) is 92.9 cm³/mol. The standard InChI is InChI=1S/C16H15ClF2N6O/c17-15-13(9-22-25(16(15)26)10-14(18)19)24-6-4-23(5-7-24)12-2-1-3-21-11(12)8-20/h1-3,9,14H,4-7,10H2. The molecule has 3 heterocycles. The molecule has 0 aromatic carbocycles. The average molecular weight is 381 g/mol. The number of pyridine rings is 1. The zero-order valence-electron chi connectivity index (χ0n) is 13.6. The van der Waals surface area contributed by atoms with Crippen molar-refractivity contribution in [3.63, 3.8) is 0 Å². The van der Waals surface area contributed by atoms with Crippen molar-refractivity contribution in [2.24, 2.45) is 0 Å². The summed E-state index contributed by atoms with van der Waals surface area (Å²) in [5.74, 6) is 0. The third-order valence-electron chi connectivity index (χ3n) is 4.13. The highest BCUT2D eigenvalue weighted by atomic mass is 35.5. The highest BCUT2D eigenvalue weighted by Crippen LogP contribution is 2.25. The van der Waals surface area contributed by atoms with Gasteiger partial charge in [-0.3, -0.25) is 4.79 Å². The first-order chi connectivity index (χ1) is 12.5. The molecule has 7 nitrogen and oxygen atoms in total. The number of alkyl halides is 2. The highest BCUT2D eigenvalue weighted by Gasteiger charge is 2.23. The van der Waals surface area contributed by atoms with E-state index in [0.717, 1.165) is 5.69 Å². The molecule has 1 aliphatic rings. The van der Waals surface area contributed by atoms with E-state index in [-0.39, 0.29) is 5.02 Å². The van der Waals surface area contributed by atoms with Crippen LogP contribution in [0.5, 0.6) is 0 Å². The van der Waals surface area contributed by atoms with Gasteiger partial charge in [-0.25, -0.2) is 18.4 Å². The summed E-state index contributed by atoms with van der Waals surface area (Å²) in [4.78, 5) is 20.1. The molecule has 0 unspecified atom stereocenters. The molecule has 2 aromatic heterocycles. The van der Waals surface area contributed by atoms with Gasteiger partial charge < -0.3 is 9.80 Å². The van der Waals surface area contributed by atoms with E-state index in [9.17, 15) is 13.6 Å². The van der Waals surface area contributed by atoms with Crippen LogP contribution in [0, 0.1) is 11.3 Å². The summed E-state index contributed by atoms with van der Waals surface area (Å²) < 4.78 is 25.6. The van der Waals surface area contributed by atoms with Crippen molar-refractivity contribution in [1.82, 2.24) is 14.8 Å². The van der Waals surface area contributed by atoms with E-state index in [0.29, 0.717) is 42.2 Å². The quantitative estimate of drug-likeness (QED) is 0.804. The van der Waals surface area contributed by atoms with Crippen LogP contribution in [-0.4, -0.2) is 47.4 Å². The van der Waals surface area contributed by atoms with Crippen LogP contribution in [0.25, 0.3) is 0 Å². The molecule has 0 radical (unpaired) electrons. The minimum absolute atomic E-state index is 0.117. The second-order valence-electron chi connectivity index (χ2n) is 5.68. The van der Waals surface area contributed by atoms with Crippen molar-refractivity contribution >= 4 is 23.0 Å².